The lowest BCUT2D eigenvalue weighted by atomic mass is 10.2. The van der Waals surface area contributed by atoms with Gasteiger partial charge in [0, 0.05) is 11.8 Å². The van der Waals surface area contributed by atoms with Crippen molar-refractivity contribution in [1.82, 2.24) is 13.9 Å². The van der Waals surface area contributed by atoms with E-state index < -0.39 is 4.92 Å². The highest BCUT2D eigenvalue weighted by atomic mass is 16.6. The SMILES string of the molecule is Cc1nc2c(OCc3ccccc3[N+](=O)[O-])ccc(C)n2c1[N+](C)(C)C. The number of imidazole rings is 1. The standard InChI is InChI=1S/C19H23N4O3/c1-13-10-11-17(18-20-14(2)19(21(13)18)23(3,4)5)26-12-15-8-6-7-9-16(15)22(24)25/h6-11H,12H2,1-5H3/q+1. The minimum Gasteiger partial charge on any atom is -0.485 e. The molecule has 0 unspecified atom stereocenters. The Kier molecular flexibility index (Phi) is 4.41. The molecule has 3 aromatic rings. The number of aryl methyl sites for hydroxylation is 2. The first-order chi connectivity index (χ1) is 12.2. The third kappa shape index (κ3) is 3.13. The molecule has 0 spiro atoms. The maximum atomic E-state index is 11.2. The minimum absolute atomic E-state index is 0.0576. The molecule has 136 valence electrons. The Bertz CT molecular complexity index is 986. The van der Waals surface area contributed by atoms with Crippen molar-refractivity contribution in [1.29, 1.82) is 0 Å². The van der Waals surface area contributed by atoms with Gasteiger partial charge in [0.2, 0.25) is 5.82 Å². The Labute approximate surface area is 152 Å². The number of aromatic nitrogens is 2. The summed E-state index contributed by atoms with van der Waals surface area (Å²) in [4.78, 5) is 15.5. The number of fused-ring (bicyclic) bond motifs is 1. The quantitative estimate of drug-likeness (QED) is 0.398. The van der Waals surface area contributed by atoms with E-state index in [4.69, 9.17) is 9.72 Å². The molecular weight excluding hydrogens is 332 g/mol. The molecule has 0 bridgehead atoms. The van der Waals surface area contributed by atoms with E-state index in [9.17, 15) is 10.1 Å². The van der Waals surface area contributed by atoms with Crippen molar-refractivity contribution >= 4 is 17.2 Å². The van der Waals surface area contributed by atoms with Gasteiger partial charge in [-0.1, -0.05) is 12.1 Å². The van der Waals surface area contributed by atoms with E-state index in [1.54, 1.807) is 18.2 Å². The summed E-state index contributed by atoms with van der Waals surface area (Å²) in [6.07, 6.45) is 0. The zero-order valence-electron chi connectivity index (χ0n) is 15.7. The van der Waals surface area contributed by atoms with Gasteiger partial charge in [-0.2, -0.15) is 0 Å². The van der Waals surface area contributed by atoms with Crippen LogP contribution in [-0.4, -0.2) is 35.5 Å². The molecule has 1 aromatic carbocycles. The van der Waals surface area contributed by atoms with Crippen molar-refractivity contribution in [3.8, 4) is 5.75 Å². The third-order valence-electron chi connectivity index (χ3n) is 4.28. The van der Waals surface area contributed by atoms with Gasteiger partial charge in [-0.05, 0) is 32.0 Å². The maximum absolute atomic E-state index is 11.2. The van der Waals surface area contributed by atoms with E-state index in [1.807, 2.05) is 26.0 Å². The summed E-state index contributed by atoms with van der Waals surface area (Å²) in [6.45, 7) is 4.12. The zero-order valence-corrected chi connectivity index (χ0v) is 15.7. The summed E-state index contributed by atoms with van der Waals surface area (Å²) in [5.74, 6) is 1.69. The molecule has 0 aliphatic carbocycles. The van der Waals surface area contributed by atoms with E-state index in [0.717, 1.165) is 22.9 Å². The molecule has 0 aliphatic heterocycles. The number of nitro benzene ring substituents is 1. The van der Waals surface area contributed by atoms with Crippen molar-refractivity contribution in [3.63, 3.8) is 0 Å². The second kappa shape index (κ2) is 6.42. The molecule has 0 radical (unpaired) electrons. The highest BCUT2D eigenvalue weighted by molar-refractivity contribution is 5.63. The van der Waals surface area contributed by atoms with E-state index in [2.05, 4.69) is 25.5 Å². The maximum Gasteiger partial charge on any atom is 0.276 e. The molecule has 0 N–H and O–H groups in total. The normalized spacial score (nSPS) is 11.7. The van der Waals surface area contributed by atoms with Gasteiger partial charge in [-0.15, -0.1) is 0 Å². The third-order valence-corrected chi connectivity index (χ3v) is 4.28. The topological polar surface area (TPSA) is 69.7 Å². The predicted octanol–water partition coefficient (Wildman–Crippen LogP) is 3.64. The molecule has 3 rings (SSSR count). The molecule has 0 fully saturated rings. The number of hydrogen-bond acceptors (Lipinski definition) is 4. The van der Waals surface area contributed by atoms with Crippen LogP contribution in [0.25, 0.3) is 5.65 Å². The highest BCUT2D eigenvalue weighted by Gasteiger charge is 2.25. The Morgan fingerprint density at radius 1 is 1.15 bits per heavy atom. The summed E-state index contributed by atoms with van der Waals surface area (Å²) < 4.78 is 8.65. The Hall–Kier alpha value is -2.93. The number of para-hydroxylation sites is 1. The molecule has 7 nitrogen and oxygen atoms in total. The molecule has 2 heterocycles. The molecular formula is C19H23N4O3+. The van der Waals surface area contributed by atoms with Gasteiger partial charge in [0.1, 0.15) is 12.3 Å². The largest absolute Gasteiger partial charge is 0.485 e. The van der Waals surface area contributed by atoms with Gasteiger partial charge in [0.25, 0.3) is 5.69 Å². The number of pyridine rings is 1. The molecule has 0 amide bonds. The van der Waals surface area contributed by atoms with Crippen molar-refractivity contribution < 1.29 is 9.66 Å². The Morgan fingerprint density at radius 2 is 1.85 bits per heavy atom. The summed E-state index contributed by atoms with van der Waals surface area (Å²) in [5, 5.41) is 11.2. The first kappa shape index (κ1) is 17.9. The van der Waals surface area contributed by atoms with Crippen LogP contribution in [0.2, 0.25) is 0 Å². The molecule has 2 aromatic heterocycles. The van der Waals surface area contributed by atoms with Crippen molar-refractivity contribution in [2.75, 3.05) is 21.1 Å². The fourth-order valence-corrected chi connectivity index (χ4v) is 3.23. The van der Waals surface area contributed by atoms with Crippen LogP contribution in [0.5, 0.6) is 5.75 Å². The molecule has 0 saturated carbocycles. The number of rotatable bonds is 5. The van der Waals surface area contributed by atoms with Gasteiger partial charge in [-0.25, -0.2) is 9.38 Å². The average Bonchev–Trinajstić information content (AvgIpc) is 2.92. The second-order valence-corrected chi connectivity index (χ2v) is 7.21. The monoisotopic (exact) mass is 355 g/mol. The van der Waals surface area contributed by atoms with Crippen LogP contribution in [0.4, 0.5) is 11.5 Å². The smallest absolute Gasteiger partial charge is 0.276 e. The lowest BCUT2D eigenvalue weighted by Gasteiger charge is -2.24. The van der Waals surface area contributed by atoms with E-state index >= 15 is 0 Å². The van der Waals surface area contributed by atoms with Crippen LogP contribution in [0, 0.1) is 24.0 Å². The van der Waals surface area contributed by atoms with Crippen LogP contribution < -0.4 is 9.22 Å². The lowest BCUT2D eigenvalue weighted by Crippen LogP contribution is -2.36. The van der Waals surface area contributed by atoms with E-state index in [0.29, 0.717) is 15.8 Å². The summed E-state index contributed by atoms with van der Waals surface area (Å²) in [6, 6.07) is 10.5. The second-order valence-electron chi connectivity index (χ2n) is 7.21. The summed E-state index contributed by atoms with van der Waals surface area (Å²) in [7, 11) is 6.28. The highest BCUT2D eigenvalue weighted by Crippen LogP contribution is 2.31. The summed E-state index contributed by atoms with van der Waals surface area (Å²) in [5.41, 5.74) is 3.31. The molecule has 26 heavy (non-hydrogen) atoms. The number of nitrogens with zero attached hydrogens (tertiary/aromatic N) is 4. The minimum atomic E-state index is -0.391. The summed E-state index contributed by atoms with van der Waals surface area (Å²) >= 11 is 0. The molecule has 7 heteroatoms. The van der Waals surface area contributed by atoms with Crippen LogP contribution in [0.1, 0.15) is 17.0 Å². The van der Waals surface area contributed by atoms with Gasteiger partial charge in [0.15, 0.2) is 11.4 Å². The van der Waals surface area contributed by atoms with Crippen molar-refractivity contribution in [2.45, 2.75) is 20.5 Å². The fourth-order valence-electron chi connectivity index (χ4n) is 3.23. The molecule has 0 saturated heterocycles. The number of hydrogen-bond donors (Lipinski definition) is 0. The predicted molar refractivity (Wildman–Crippen MR) is 102 cm³/mol. The van der Waals surface area contributed by atoms with Crippen molar-refractivity contribution in [3.05, 3.63) is 63.5 Å². The van der Waals surface area contributed by atoms with E-state index in [-0.39, 0.29) is 12.3 Å². The van der Waals surface area contributed by atoms with Crippen molar-refractivity contribution in [2.24, 2.45) is 0 Å². The molecule has 0 aliphatic rings. The van der Waals surface area contributed by atoms with Crippen LogP contribution in [0.15, 0.2) is 36.4 Å². The van der Waals surface area contributed by atoms with Crippen LogP contribution in [0.3, 0.4) is 0 Å². The zero-order chi connectivity index (χ0) is 19.1. The van der Waals surface area contributed by atoms with Gasteiger partial charge in [0.05, 0.1) is 31.6 Å². The van der Waals surface area contributed by atoms with Gasteiger partial charge < -0.3 is 4.74 Å². The van der Waals surface area contributed by atoms with Gasteiger partial charge in [-0.3, -0.25) is 14.6 Å². The van der Waals surface area contributed by atoms with E-state index in [1.165, 1.54) is 6.07 Å². The Morgan fingerprint density at radius 3 is 2.50 bits per heavy atom. The molecule has 0 atom stereocenters. The number of nitro groups is 1. The fraction of sp³-hybridized carbons (Fsp3) is 0.316. The first-order valence-corrected chi connectivity index (χ1v) is 8.36. The lowest BCUT2D eigenvalue weighted by molar-refractivity contribution is -0.385. The average molecular weight is 355 g/mol. The number of ether oxygens (including phenoxy) is 1. The number of benzene rings is 1. The van der Waals surface area contributed by atoms with Crippen LogP contribution in [-0.2, 0) is 6.61 Å². The number of quaternary nitrogens is 1. The van der Waals surface area contributed by atoms with Crippen LogP contribution >= 0.6 is 0 Å². The first-order valence-electron chi connectivity index (χ1n) is 8.36. The Balaban J connectivity index is 2.03. The van der Waals surface area contributed by atoms with Gasteiger partial charge >= 0.3 is 0 Å².